The first-order valence-electron chi connectivity index (χ1n) is 8.95. The summed E-state index contributed by atoms with van der Waals surface area (Å²) in [5.74, 6) is -0.344. The normalized spacial score (nSPS) is 12.5. The van der Waals surface area contributed by atoms with Crippen LogP contribution in [-0.2, 0) is 16.0 Å². The van der Waals surface area contributed by atoms with Crippen molar-refractivity contribution in [3.63, 3.8) is 0 Å². The molecule has 0 aliphatic carbocycles. The number of quaternary nitrogens is 1. The van der Waals surface area contributed by atoms with Crippen molar-refractivity contribution in [2.24, 2.45) is 0 Å². The number of para-hydroxylation sites is 1. The molecule has 2 atom stereocenters. The molecule has 140 valence electrons. The molecule has 0 radical (unpaired) electrons. The Balaban J connectivity index is 1.93. The van der Waals surface area contributed by atoms with E-state index in [0.29, 0.717) is 11.3 Å². The fraction of sp³-hybridized carbons (Fsp3) is 0.286. The van der Waals surface area contributed by atoms with Gasteiger partial charge in [-0.3, -0.25) is 9.59 Å². The molecule has 0 heterocycles. The number of nitrogens with one attached hydrogen (secondary N) is 3. The summed E-state index contributed by atoms with van der Waals surface area (Å²) in [5.41, 5.74) is 2.94. The lowest BCUT2D eigenvalue weighted by Crippen LogP contribution is -3.14. The van der Waals surface area contributed by atoms with Crippen molar-refractivity contribution >= 4 is 23.2 Å². The molecule has 0 fully saturated rings. The Morgan fingerprint density at radius 1 is 1.15 bits per heavy atom. The number of carbonyl (C=O) groups excluding carboxylic acids is 2. The zero-order chi connectivity index (χ0) is 19.8. The van der Waals surface area contributed by atoms with Crippen molar-refractivity contribution in [3.05, 3.63) is 59.7 Å². The minimum atomic E-state index is -0.428. The molecule has 3 N–H and O–H groups in total. The molecule has 27 heavy (non-hydrogen) atoms. The molecule has 0 spiro atoms. The maximum absolute atomic E-state index is 12.4. The Morgan fingerprint density at radius 3 is 2.59 bits per heavy atom. The zero-order valence-electron chi connectivity index (χ0n) is 15.9. The SMILES string of the molecule is CCc1ccccc1NC(=O)C[NH+](C)[C@@H](C)C(=O)Nc1cccc(C#N)c1. The van der Waals surface area contributed by atoms with E-state index in [2.05, 4.69) is 10.6 Å². The van der Waals surface area contributed by atoms with Crippen LogP contribution in [0.1, 0.15) is 25.0 Å². The van der Waals surface area contributed by atoms with E-state index in [1.165, 1.54) is 0 Å². The molecule has 2 rings (SSSR count). The van der Waals surface area contributed by atoms with Gasteiger partial charge in [0.1, 0.15) is 0 Å². The van der Waals surface area contributed by atoms with Crippen LogP contribution in [0, 0.1) is 11.3 Å². The molecule has 6 nitrogen and oxygen atoms in total. The fourth-order valence-electron chi connectivity index (χ4n) is 2.69. The summed E-state index contributed by atoms with van der Waals surface area (Å²) in [6.45, 7) is 3.98. The molecular formula is C21H25N4O2+. The molecule has 1 unspecified atom stereocenters. The summed E-state index contributed by atoms with van der Waals surface area (Å²) in [6, 6.07) is 16.0. The van der Waals surface area contributed by atoms with Crippen LogP contribution in [0.5, 0.6) is 0 Å². The summed E-state index contributed by atoms with van der Waals surface area (Å²) in [5, 5.41) is 14.7. The number of benzene rings is 2. The number of aryl methyl sites for hydroxylation is 1. The minimum absolute atomic E-state index is 0.139. The first kappa shape index (κ1) is 20.1. The number of anilines is 2. The molecule has 0 aliphatic rings. The Morgan fingerprint density at radius 2 is 1.89 bits per heavy atom. The van der Waals surface area contributed by atoms with E-state index in [1.54, 1.807) is 38.2 Å². The molecular weight excluding hydrogens is 340 g/mol. The highest BCUT2D eigenvalue weighted by Gasteiger charge is 2.24. The lowest BCUT2D eigenvalue weighted by Gasteiger charge is -2.21. The number of likely N-dealkylation sites (N-methyl/N-ethyl adjacent to an activating group) is 1. The van der Waals surface area contributed by atoms with Crippen molar-refractivity contribution < 1.29 is 14.5 Å². The minimum Gasteiger partial charge on any atom is -0.321 e. The van der Waals surface area contributed by atoms with Gasteiger partial charge in [0.25, 0.3) is 11.8 Å². The van der Waals surface area contributed by atoms with Crippen LogP contribution in [0.3, 0.4) is 0 Å². The van der Waals surface area contributed by atoms with Crippen LogP contribution in [0.15, 0.2) is 48.5 Å². The Hall–Kier alpha value is -3.17. The summed E-state index contributed by atoms with van der Waals surface area (Å²) < 4.78 is 0. The van der Waals surface area contributed by atoms with Gasteiger partial charge in [0.05, 0.1) is 18.7 Å². The highest BCUT2D eigenvalue weighted by molar-refractivity contribution is 5.95. The lowest BCUT2D eigenvalue weighted by molar-refractivity contribution is -0.885. The van der Waals surface area contributed by atoms with Gasteiger partial charge in [-0.05, 0) is 43.2 Å². The number of hydrogen-bond acceptors (Lipinski definition) is 3. The number of carbonyl (C=O) groups is 2. The third-order valence-corrected chi connectivity index (χ3v) is 4.50. The molecule has 6 heteroatoms. The highest BCUT2D eigenvalue weighted by atomic mass is 16.2. The summed E-state index contributed by atoms with van der Waals surface area (Å²) in [6.07, 6.45) is 0.833. The van der Waals surface area contributed by atoms with Crippen molar-refractivity contribution in [1.29, 1.82) is 5.26 Å². The molecule has 0 saturated carbocycles. The predicted octanol–water partition coefficient (Wildman–Crippen LogP) is 1.60. The van der Waals surface area contributed by atoms with Gasteiger partial charge in [-0.2, -0.15) is 5.26 Å². The quantitative estimate of drug-likeness (QED) is 0.697. The smallest absolute Gasteiger partial charge is 0.282 e. The monoisotopic (exact) mass is 365 g/mol. The fourth-order valence-corrected chi connectivity index (χ4v) is 2.69. The predicted molar refractivity (Wildman–Crippen MR) is 105 cm³/mol. The molecule has 0 aromatic heterocycles. The number of nitriles is 1. The van der Waals surface area contributed by atoms with Crippen molar-refractivity contribution in [2.75, 3.05) is 24.2 Å². The van der Waals surface area contributed by atoms with Gasteiger partial charge in [0.2, 0.25) is 0 Å². The van der Waals surface area contributed by atoms with Crippen LogP contribution < -0.4 is 15.5 Å². The second-order valence-corrected chi connectivity index (χ2v) is 6.49. The van der Waals surface area contributed by atoms with Crippen molar-refractivity contribution in [3.8, 4) is 6.07 Å². The zero-order valence-corrected chi connectivity index (χ0v) is 15.9. The number of rotatable bonds is 7. The summed E-state index contributed by atoms with van der Waals surface area (Å²) in [7, 11) is 1.81. The van der Waals surface area contributed by atoms with E-state index in [-0.39, 0.29) is 18.4 Å². The number of amides is 2. The maximum Gasteiger partial charge on any atom is 0.282 e. The number of hydrogen-bond donors (Lipinski definition) is 3. The van der Waals surface area contributed by atoms with Gasteiger partial charge in [-0.1, -0.05) is 31.2 Å². The molecule has 0 aliphatic heterocycles. The largest absolute Gasteiger partial charge is 0.321 e. The van der Waals surface area contributed by atoms with Crippen LogP contribution in [-0.4, -0.2) is 31.4 Å². The van der Waals surface area contributed by atoms with Gasteiger partial charge in [0.15, 0.2) is 12.6 Å². The topological polar surface area (TPSA) is 86.4 Å². The van der Waals surface area contributed by atoms with Gasteiger partial charge in [-0.25, -0.2) is 0 Å². The Kier molecular flexibility index (Phi) is 7.09. The first-order chi connectivity index (χ1) is 12.9. The van der Waals surface area contributed by atoms with E-state index >= 15 is 0 Å². The van der Waals surface area contributed by atoms with Crippen molar-refractivity contribution in [1.82, 2.24) is 0 Å². The van der Waals surface area contributed by atoms with Gasteiger partial charge >= 0.3 is 0 Å². The van der Waals surface area contributed by atoms with Crippen molar-refractivity contribution in [2.45, 2.75) is 26.3 Å². The van der Waals surface area contributed by atoms with E-state index in [9.17, 15) is 9.59 Å². The highest BCUT2D eigenvalue weighted by Crippen LogP contribution is 2.15. The maximum atomic E-state index is 12.4. The van der Waals surface area contributed by atoms with Crippen LogP contribution >= 0.6 is 0 Å². The Labute approximate surface area is 159 Å². The van der Waals surface area contributed by atoms with Crippen LogP contribution in [0.2, 0.25) is 0 Å². The summed E-state index contributed by atoms with van der Waals surface area (Å²) >= 11 is 0. The standard InChI is InChI=1S/C21H24N4O2/c1-4-17-9-5-6-11-19(17)24-20(26)14-25(3)15(2)21(27)23-18-10-7-8-16(12-18)13-22/h5-12,15H,4,14H2,1-3H3,(H,23,27)(H,24,26)/p+1/t15-/m0/s1. The molecule has 2 amide bonds. The van der Waals surface area contributed by atoms with E-state index < -0.39 is 6.04 Å². The van der Waals surface area contributed by atoms with Gasteiger partial charge in [0, 0.05) is 11.4 Å². The second-order valence-electron chi connectivity index (χ2n) is 6.49. The van der Waals surface area contributed by atoms with E-state index in [0.717, 1.165) is 22.6 Å². The van der Waals surface area contributed by atoms with E-state index in [4.69, 9.17) is 5.26 Å². The number of nitrogens with zero attached hydrogens (tertiary/aromatic N) is 1. The molecule has 0 bridgehead atoms. The van der Waals surface area contributed by atoms with Crippen LogP contribution in [0.25, 0.3) is 0 Å². The average molecular weight is 365 g/mol. The average Bonchev–Trinajstić information content (AvgIpc) is 2.67. The molecule has 2 aromatic carbocycles. The molecule has 2 aromatic rings. The third kappa shape index (κ3) is 5.66. The first-order valence-corrected chi connectivity index (χ1v) is 8.95. The summed E-state index contributed by atoms with van der Waals surface area (Å²) in [4.78, 5) is 25.6. The van der Waals surface area contributed by atoms with Gasteiger partial charge < -0.3 is 15.5 Å². The Bertz CT molecular complexity index is 857. The van der Waals surface area contributed by atoms with E-state index in [1.807, 2.05) is 37.3 Å². The second kappa shape index (κ2) is 9.51. The van der Waals surface area contributed by atoms with Gasteiger partial charge in [-0.15, -0.1) is 0 Å². The molecule has 0 saturated heterocycles. The lowest BCUT2D eigenvalue weighted by atomic mass is 10.1. The van der Waals surface area contributed by atoms with Crippen LogP contribution in [0.4, 0.5) is 11.4 Å². The third-order valence-electron chi connectivity index (χ3n) is 4.50.